The summed E-state index contributed by atoms with van der Waals surface area (Å²) in [5.74, 6) is 0.248. The van der Waals surface area contributed by atoms with Crippen molar-refractivity contribution < 1.29 is 9.53 Å². The third-order valence-corrected chi connectivity index (χ3v) is 4.45. The number of rotatable bonds is 6. The molecule has 0 bridgehead atoms. The van der Waals surface area contributed by atoms with Gasteiger partial charge >= 0.3 is 0 Å². The molecule has 1 unspecified atom stereocenters. The topological polar surface area (TPSA) is 32.8 Å². The second kappa shape index (κ2) is 8.30. The molecule has 1 heterocycles. The van der Waals surface area contributed by atoms with Crippen molar-refractivity contribution >= 4 is 5.91 Å². The molecule has 1 aliphatic heterocycles. The summed E-state index contributed by atoms with van der Waals surface area (Å²) in [5.41, 5.74) is 2.64. The number of nitrogens with zero attached hydrogens (tertiary/aromatic N) is 2. The van der Waals surface area contributed by atoms with Crippen molar-refractivity contribution in [3.63, 3.8) is 0 Å². The van der Waals surface area contributed by atoms with E-state index in [0.717, 1.165) is 26.1 Å². The van der Waals surface area contributed by atoms with E-state index in [2.05, 4.69) is 50.1 Å². The quantitative estimate of drug-likeness (QED) is 0.807. The standard InChI is InChI=1S/C18H28N2O2/c1-15-4-6-17(7-5-15)14-16(2)19(3)9-8-18(21)20-10-12-22-13-11-20/h4-7,16H,8-14H2,1-3H3. The first kappa shape index (κ1) is 17.0. The van der Waals surface area contributed by atoms with Gasteiger partial charge in [-0.1, -0.05) is 29.8 Å². The molecule has 0 aromatic heterocycles. The highest BCUT2D eigenvalue weighted by Gasteiger charge is 2.18. The monoisotopic (exact) mass is 304 g/mol. The lowest BCUT2D eigenvalue weighted by Gasteiger charge is -2.29. The van der Waals surface area contributed by atoms with Gasteiger partial charge in [-0.05, 0) is 32.9 Å². The van der Waals surface area contributed by atoms with Crippen molar-refractivity contribution in [2.24, 2.45) is 0 Å². The minimum absolute atomic E-state index is 0.248. The van der Waals surface area contributed by atoms with Crippen LogP contribution in [0.3, 0.4) is 0 Å². The molecule has 1 saturated heterocycles. The minimum Gasteiger partial charge on any atom is -0.378 e. The zero-order chi connectivity index (χ0) is 15.9. The van der Waals surface area contributed by atoms with Crippen molar-refractivity contribution in [1.29, 1.82) is 0 Å². The van der Waals surface area contributed by atoms with Crippen molar-refractivity contribution in [2.75, 3.05) is 39.9 Å². The third-order valence-electron chi connectivity index (χ3n) is 4.45. The van der Waals surface area contributed by atoms with Gasteiger partial charge in [0, 0.05) is 32.1 Å². The number of ether oxygens (including phenoxy) is 1. The van der Waals surface area contributed by atoms with Gasteiger partial charge in [0.1, 0.15) is 0 Å². The lowest BCUT2D eigenvalue weighted by Crippen LogP contribution is -2.42. The van der Waals surface area contributed by atoms with Gasteiger partial charge in [-0.2, -0.15) is 0 Å². The first-order valence-electron chi connectivity index (χ1n) is 8.17. The van der Waals surface area contributed by atoms with E-state index in [4.69, 9.17) is 4.74 Å². The number of aryl methyl sites for hydroxylation is 1. The van der Waals surface area contributed by atoms with E-state index >= 15 is 0 Å². The van der Waals surface area contributed by atoms with E-state index in [-0.39, 0.29) is 5.91 Å². The number of hydrogen-bond acceptors (Lipinski definition) is 3. The van der Waals surface area contributed by atoms with Gasteiger partial charge < -0.3 is 14.5 Å². The fraction of sp³-hybridized carbons (Fsp3) is 0.611. The van der Waals surface area contributed by atoms with Crippen LogP contribution >= 0.6 is 0 Å². The second-order valence-corrected chi connectivity index (χ2v) is 6.26. The molecule has 1 amide bonds. The average Bonchev–Trinajstić information content (AvgIpc) is 2.55. The van der Waals surface area contributed by atoms with Crippen molar-refractivity contribution in [3.8, 4) is 0 Å². The number of carbonyl (C=O) groups is 1. The summed E-state index contributed by atoms with van der Waals surface area (Å²) in [4.78, 5) is 16.4. The number of hydrogen-bond donors (Lipinski definition) is 0. The van der Waals surface area contributed by atoms with Crippen molar-refractivity contribution in [2.45, 2.75) is 32.7 Å². The molecule has 1 aromatic rings. The van der Waals surface area contributed by atoms with Gasteiger partial charge in [-0.15, -0.1) is 0 Å². The maximum atomic E-state index is 12.2. The highest BCUT2D eigenvalue weighted by molar-refractivity contribution is 5.76. The molecule has 22 heavy (non-hydrogen) atoms. The zero-order valence-corrected chi connectivity index (χ0v) is 14.0. The summed E-state index contributed by atoms with van der Waals surface area (Å²) in [6.07, 6.45) is 1.61. The predicted molar refractivity (Wildman–Crippen MR) is 89.0 cm³/mol. The molecule has 4 heteroatoms. The predicted octanol–water partition coefficient (Wildman–Crippen LogP) is 2.11. The molecule has 1 aliphatic rings. The Kier molecular flexibility index (Phi) is 6.40. The highest BCUT2D eigenvalue weighted by atomic mass is 16.5. The van der Waals surface area contributed by atoms with Crippen LogP contribution in [0.1, 0.15) is 24.5 Å². The molecule has 1 aromatic carbocycles. The summed E-state index contributed by atoms with van der Waals surface area (Å²) in [6.45, 7) is 7.96. The average molecular weight is 304 g/mol. The van der Waals surface area contributed by atoms with E-state index in [1.54, 1.807) is 0 Å². The van der Waals surface area contributed by atoms with Crippen LogP contribution in [0.5, 0.6) is 0 Å². The smallest absolute Gasteiger partial charge is 0.224 e. The first-order chi connectivity index (χ1) is 10.6. The summed E-state index contributed by atoms with van der Waals surface area (Å²) in [5, 5.41) is 0. The molecule has 0 N–H and O–H groups in total. The van der Waals surface area contributed by atoms with Crippen LogP contribution in [0.25, 0.3) is 0 Å². The van der Waals surface area contributed by atoms with Gasteiger partial charge in [-0.3, -0.25) is 4.79 Å². The highest BCUT2D eigenvalue weighted by Crippen LogP contribution is 2.10. The molecular formula is C18H28N2O2. The molecule has 1 atom stereocenters. The van der Waals surface area contributed by atoms with Crippen molar-refractivity contribution in [3.05, 3.63) is 35.4 Å². The maximum absolute atomic E-state index is 12.2. The van der Waals surface area contributed by atoms with E-state index in [1.165, 1.54) is 11.1 Å². The van der Waals surface area contributed by atoms with Crippen LogP contribution in [0.15, 0.2) is 24.3 Å². The Labute approximate surface area is 134 Å². The normalized spacial score (nSPS) is 16.8. The van der Waals surface area contributed by atoms with Gasteiger partial charge in [0.25, 0.3) is 0 Å². The van der Waals surface area contributed by atoms with E-state index in [9.17, 15) is 4.79 Å². The molecule has 2 rings (SSSR count). The summed E-state index contributed by atoms with van der Waals surface area (Å²) < 4.78 is 5.28. The molecule has 0 spiro atoms. The minimum atomic E-state index is 0.248. The third kappa shape index (κ3) is 5.11. The zero-order valence-electron chi connectivity index (χ0n) is 14.0. The van der Waals surface area contributed by atoms with Crippen LogP contribution in [0, 0.1) is 6.92 Å². The molecule has 1 fully saturated rings. The Hall–Kier alpha value is -1.39. The summed E-state index contributed by atoms with van der Waals surface area (Å²) in [7, 11) is 2.10. The Morgan fingerprint density at radius 2 is 1.91 bits per heavy atom. The lowest BCUT2D eigenvalue weighted by molar-refractivity contribution is -0.135. The van der Waals surface area contributed by atoms with Crippen LogP contribution < -0.4 is 0 Å². The fourth-order valence-corrected chi connectivity index (χ4v) is 2.68. The van der Waals surface area contributed by atoms with E-state index in [1.807, 2.05) is 4.90 Å². The van der Waals surface area contributed by atoms with Gasteiger partial charge in [0.15, 0.2) is 0 Å². The Morgan fingerprint density at radius 1 is 1.27 bits per heavy atom. The van der Waals surface area contributed by atoms with Gasteiger partial charge in [0.2, 0.25) is 5.91 Å². The van der Waals surface area contributed by atoms with Crippen LogP contribution in [-0.4, -0.2) is 61.6 Å². The van der Waals surface area contributed by atoms with Gasteiger partial charge in [-0.25, -0.2) is 0 Å². The summed E-state index contributed by atoms with van der Waals surface area (Å²) in [6, 6.07) is 9.13. The summed E-state index contributed by atoms with van der Waals surface area (Å²) >= 11 is 0. The van der Waals surface area contributed by atoms with Gasteiger partial charge in [0.05, 0.1) is 13.2 Å². The second-order valence-electron chi connectivity index (χ2n) is 6.26. The number of benzene rings is 1. The number of carbonyl (C=O) groups excluding carboxylic acids is 1. The van der Waals surface area contributed by atoms with Crippen LogP contribution in [0.2, 0.25) is 0 Å². The van der Waals surface area contributed by atoms with Crippen molar-refractivity contribution in [1.82, 2.24) is 9.80 Å². The molecule has 4 nitrogen and oxygen atoms in total. The number of likely N-dealkylation sites (N-methyl/N-ethyl adjacent to an activating group) is 1. The molecule has 0 saturated carbocycles. The Morgan fingerprint density at radius 3 is 2.55 bits per heavy atom. The molecular weight excluding hydrogens is 276 g/mol. The Bertz CT molecular complexity index is 466. The van der Waals surface area contributed by atoms with E-state index in [0.29, 0.717) is 25.7 Å². The van der Waals surface area contributed by atoms with E-state index < -0.39 is 0 Å². The first-order valence-corrected chi connectivity index (χ1v) is 8.17. The molecule has 0 radical (unpaired) electrons. The largest absolute Gasteiger partial charge is 0.378 e. The van der Waals surface area contributed by atoms with Crippen LogP contribution in [0.4, 0.5) is 0 Å². The SMILES string of the molecule is Cc1ccc(CC(C)N(C)CCC(=O)N2CCOCC2)cc1. The fourth-order valence-electron chi connectivity index (χ4n) is 2.68. The number of morpholine rings is 1. The van der Waals surface area contributed by atoms with Crippen LogP contribution in [-0.2, 0) is 16.0 Å². The lowest BCUT2D eigenvalue weighted by atomic mass is 10.0. The maximum Gasteiger partial charge on any atom is 0.224 e. The number of amides is 1. The molecule has 122 valence electrons. The Balaban J connectivity index is 1.74. The molecule has 0 aliphatic carbocycles.